The number of halogens is 1. The molecule has 0 aliphatic carbocycles. The van der Waals surface area contributed by atoms with Gasteiger partial charge in [-0.05, 0) is 38.1 Å². The molecule has 2 nitrogen and oxygen atoms in total. The largest absolute Gasteiger partial charge is 0.459 e. The third-order valence-corrected chi connectivity index (χ3v) is 3.55. The number of rotatable bonds is 6. The zero-order valence-electron chi connectivity index (χ0n) is 11.9. The van der Waals surface area contributed by atoms with Gasteiger partial charge in [-0.2, -0.15) is 0 Å². The highest BCUT2D eigenvalue weighted by molar-refractivity contribution is 5.82. The summed E-state index contributed by atoms with van der Waals surface area (Å²) in [6.07, 6.45) is 3.37. The van der Waals surface area contributed by atoms with Crippen molar-refractivity contribution in [1.29, 1.82) is 0 Å². The summed E-state index contributed by atoms with van der Waals surface area (Å²) in [4.78, 5) is 0. The molecule has 2 rings (SSSR count). The van der Waals surface area contributed by atoms with E-state index in [1.165, 1.54) is 6.07 Å². The summed E-state index contributed by atoms with van der Waals surface area (Å²) in [5, 5.41) is 4.35. The first-order valence-electron chi connectivity index (χ1n) is 7.09. The molecule has 0 aliphatic rings. The molecule has 1 unspecified atom stereocenters. The lowest BCUT2D eigenvalue weighted by Gasteiger charge is -2.16. The number of nitrogens with one attached hydrogen (secondary N) is 1. The minimum atomic E-state index is -0.212. The molecule has 3 heteroatoms. The lowest BCUT2D eigenvalue weighted by Crippen LogP contribution is -2.21. The van der Waals surface area contributed by atoms with Crippen molar-refractivity contribution in [2.45, 2.75) is 46.1 Å². The smallest absolute Gasteiger partial charge is 0.134 e. The van der Waals surface area contributed by atoms with Gasteiger partial charge >= 0.3 is 0 Å². The predicted molar refractivity (Wildman–Crippen MR) is 76.9 cm³/mol. The predicted octanol–water partition coefficient (Wildman–Crippen LogP) is 4.72. The topological polar surface area (TPSA) is 25.2 Å². The lowest BCUT2D eigenvalue weighted by atomic mass is 10.0. The minimum absolute atomic E-state index is 0.212. The van der Waals surface area contributed by atoms with Crippen LogP contribution in [0.1, 0.15) is 50.5 Å². The van der Waals surface area contributed by atoms with Crippen LogP contribution in [-0.2, 0) is 0 Å². The van der Waals surface area contributed by atoms with Crippen LogP contribution in [0.5, 0.6) is 0 Å². The summed E-state index contributed by atoms with van der Waals surface area (Å²) in [5.74, 6) is 0.743. The van der Waals surface area contributed by atoms with Gasteiger partial charge in [0.2, 0.25) is 0 Å². The number of fused-ring (bicyclic) bond motifs is 1. The van der Waals surface area contributed by atoms with Crippen molar-refractivity contribution in [2.24, 2.45) is 0 Å². The fourth-order valence-corrected chi connectivity index (χ4v) is 2.52. The third kappa shape index (κ3) is 2.98. The number of benzene rings is 1. The van der Waals surface area contributed by atoms with Crippen molar-refractivity contribution in [2.75, 3.05) is 6.54 Å². The van der Waals surface area contributed by atoms with Gasteiger partial charge in [-0.15, -0.1) is 0 Å². The van der Waals surface area contributed by atoms with E-state index in [1.54, 1.807) is 12.1 Å². The number of aryl methyl sites for hydroxylation is 1. The van der Waals surface area contributed by atoms with E-state index >= 15 is 0 Å². The summed E-state index contributed by atoms with van der Waals surface area (Å²) >= 11 is 0. The molecule has 0 amide bonds. The SMILES string of the molecule is CCCCC(NCC)c1oc2ccc(F)cc2c1C. The second-order valence-corrected chi connectivity index (χ2v) is 4.98. The van der Waals surface area contributed by atoms with E-state index in [0.717, 1.165) is 48.1 Å². The second-order valence-electron chi connectivity index (χ2n) is 4.98. The Labute approximate surface area is 114 Å². The quantitative estimate of drug-likeness (QED) is 0.815. The average Bonchev–Trinajstić information content (AvgIpc) is 2.72. The zero-order valence-corrected chi connectivity index (χ0v) is 11.9. The van der Waals surface area contributed by atoms with E-state index in [1.807, 2.05) is 6.92 Å². The Bertz CT molecular complexity index is 547. The van der Waals surface area contributed by atoms with E-state index < -0.39 is 0 Å². The van der Waals surface area contributed by atoms with Crippen molar-refractivity contribution in [1.82, 2.24) is 5.32 Å². The van der Waals surface area contributed by atoms with Crippen molar-refractivity contribution in [3.8, 4) is 0 Å². The second kappa shape index (κ2) is 6.20. The highest BCUT2D eigenvalue weighted by Gasteiger charge is 2.19. The number of unbranched alkanes of at least 4 members (excludes halogenated alkanes) is 1. The molecule has 1 heterocycles. The molecule has 1 atom stereocenters. The zero-order chi connectivity index (χ0) is 13.8. The molecular weight excluding hydrogens is 241 g/mol. The molecule has 0 radical (unpaired) electrons. The maximum absolute atomic E-state index is 13.3. The van der Waals surface area contributed by atoms with E-state index in [0.29, 0.717) is 0 Å². The van der Waals surface area contributed by atoms with Crippen LogP contribution in [-0.4, -0.2) is 6.54 Å². The van der Waals surface area contributed by atoms with Crippen LogP contribution in [0.2, 0.25) is 0 Å². The van der Waals surface area contributed by atoms with Crippen molar-refractivity contribution in [3.05, 3.63) is 35.3 Å². The van der Waals surface area contributed by atoms with Crippen LogP contribution < -0.4 is 5.32 Å². The van der Waals surface area contributed by atoms with Gasteiger partial charge in [-0.1, -0.05) is 26.7 Å². The van der Waals surface area contributed by atoms with Crippen LogP contribution in [0, 0.1) is 12.7 Å². The highest BCUT2D eigenvalue weighted by Crippen LogP contribution is 2.32. The molecule has 19 heavy (non-hydrogen) atoms. The van der Waals surface area contributed by atoms with Gasteiger partial charge in [0.15, 0.2) is 0 Å². The van der Waals surface area contributed by atoms with Gasteiger partial charge in [0, 0.05) is 10.9 Å². The van der Waals surface area contributed by atoms with E-state index in [2.05, 4.69) is 19.2 Å². The van der Waals surface area contributed by atoms with Crippen molar-refractivity contribution >= 4 is 11.0 Å². The maximum Gasteiger partial charge on any atom is 0.134 e. The molecule has 0 fully saturated rings. The fourth-order valence-electron chi connectivity index (χ4n) is 2.52. The third-order valence-electron chi connectivity index (χ3n) is 3.55. The summed E-state index contributed by atoms with van der Waals surface area (Å²) < 4.78 is 19.3. The molecule has 104 valence electrons. The molecule has 0 bridgehead atoms. The lowest BCUT2D eigenvalue weighted by molar-refractivity contribution is 0.405. The Hall–Kier alpha value is -1.35. The standard InChI is InChI=1S/C16H22FNO/c1-4-6-7-14(18-5-2)16-11(3)13-10-12(17)8-9-15(13)19-16/h8-10,14,18H,4-7H2,1-3H3. The Morgan fingerprint density at radius 1 is 1.32 bits per heavy atom. The van der Waals surface area contributed by atoms with E-state index in [9.17, 15) is 4.39 Å². The van der Waals surface area contributed by atoms with Gasteiger partial charge in [0.05, 0.1) is 6.04 Å². The molecular formula is C16H22FNO. The molecule has 0 spiro atoms. The molecule has 2 aromatic rings. The first-order chi connectivity index (χ1) is 9.17. The van der Waals surface area contributed by atoms with Crippen LogP contribution >= 0.6 is 0 Å². The Morgan fingerprint density at radius 3 is 2.79 bits per heavy atom. The maximum atomic E-state index is 13.3. The monoisotopic (exact) mass is 263 g/mol. The van der Waals surface area contributed by atoms with Crippen LogP contribution in [0.25, 0.3) is 11.0 Å². The molecule has 1 aromatic carbocycles. The van der Waals surface area contributed by atoms with Gasteiger partial charge in [0.25, 0.3) is 0 Å². The van der Waals surface area contributed by atoms with Gasteiger partial charge in [-0.25, -0.2) is 4.39 Å². The molecule has 1 aromatic heterocycles. The van der Waals surface area contributed by atoms with Crippen LogP contribution in [0.3, 0.4) is 0 Å². The Morgan fingerprint density at radius 2 is 2.11 bits per heavy atom. The minimum Gasteiger partial charge on any atom is -0.459 e. The molecule has 1 N–H and O–H groups in total. The van der Waals surface area contributed by atoms with Gasteiger partial charge in [0.1, 0.15) is 17.2 Å². The summed E-state index contributed by atoms with van der Waals surface area (Å²) in [5.41, 5.74) is 1.82. The van der Waals surface area contributed by atoms with Crippen molar-refractivity contribution < 1.29 is 8.81 Å². The molecule has 0 saturated carbocycles. The Kier molecular flexibility index (Phi) is 4.59. The average molecular weight is 263 g/mol. The Balaban J connectivity index is 2.38. The van der Waals surface area contributed by atoms with Gasteiger partial charge < -0.3 is 9.73 Å². The normalized spacial score (nSPS) is 13.1. The summed E-state index contributed by atoms with van der Waals surface area (Å²) in [7, 11) is 0. The summed E-state index contributed by atoms with van der Waals surface area (Å²) in [6.45, 7) is 7.19. The fraction of sp³-hybridized carbons (Fsp3) is 0.500. The first kappa shape index (κ1) is 14.1. The van der Waals surface area contributed by atoms with E-state index in [4.69, 9.17) is 4.42 Å². The van der Waals surface area contributed by atoms with Gasteiger partial charge in [-0.3, -0.25) is 0 Å². The number of hydrogen-bond donors (Lipinski definition) is 1. The van der Waals surface area contributed by atoms with Crippen LogP contribution in [0.4, 0.5) is 4.39 Å². The first-order valence-corrected chi connectivity index (χ1v) is 7.09. The van der Waals surface area contributed by atoms with Crippen molar-refractivity contribution in [3.63, 3.8) is 0 Å². The van der Waals surface area contributed by atoms with E-state index in [-0.39, 0.29) is 11.9 Å². The molecule has 0 saturated heterocycles. The number of furan rings is 1. The number of hydrogen-bond acceptors (Lipinski definition) is 2. The van der Waals surface area contributed by atoms with Crippen LogP contribution in [0.15, 0.2) is 22.6 Å². The molecule has 0 aliphatic heterocycles. The summed E-state index contributed by atoms with van der Waals surface area (Å²) in [6, 6.07) is 4.94. The highest BCUT2D eigenvalue weighted by atomic mass is 19.1.